The van der Waals surface area contributed by atoms with E-state index in [1.807, 2.05) is 0 Å². The topological polar surface area (TPSA) is 73.1 Å². The van der Waals surface area contributed by atoms with E-state index in [-0.39, 0.29) is 5.95 Å². The molecule has 1 heterocycles. The average Bonchev–Trinajstić information content (AvgIpc) is 2.18. The molecule has 0 spiro atoms. The van der Waals surface area contributed by atoms with Gasteiger partial charge in [0.2, 0.25) is 5.95 Å². The van der Waals surface area contributed by atoms with Crippen molar-refractivity contribution >= 4 is 23.4 Å². The van der Waals surface area contributed by atoms with Crippen molar-refractivity contribution in [3.05, 3.63) is 11.2 Å². The van der Waals surface area contributed by atoms with E-state index in [2.05, 4.69) is 15.3 Å². The summed E-state index contributed by atoms with van der Waals surface area (Å²) in [6.45, 7) is 1.44. The quantitative estimate of drug-likeness (QED) is 0.723. The van der Waals surface area contributed by atoms with E-state index in [1.165, 1.54) is 6.20 Å². The van der Waals surface area contributed by atoms with Gasteiger partial charge in [-0.1, -0.05) is 11.6 Å². The van der Waals surface area contributed by atoms with Crippen LogP contribution in [0.2, 0.25) is 5.02 Å². The third-order valence-corrected chi connectivity index (χ3v) is 1.86. The van der Waals surface area contributed by atoms with Crippen LogP contribution in [0.15, 0.2) is 6.20 Å². The minimum atomic E-state index is 0.212. The number of ether oxygens (including phenoxy) is 1. The van der Waals surface area contributed by atoms with Crippen molar-refractivity contribution in [3.63, 3.8) is 0 Å². The van der Waals surface area contributed by atoms with Crippen LogP contribution in [0.25, 0.3) is 0 Å². The standard InChI is InChI=1S/C8H13ClN4O/c1-14-4-2-3-11-7-6(9)5-12-8(10)13-7/h5H,2-4H2,1H3,(H3,10,11,12,13). The molecular formula is C8H13ClN4O. The summed E-state index contributed by atoms with van der Waals surface area (Å²) in [4.78, 5) is 7.71. The number of hydrogen-bond acceptors (Lipinski definition) is 5. The maximum atomic E-state index is 5.83. The summed E-state index contributed by atoms with van der Waals surface area (Å²) in [6.07, 6.45) is 2.36. The number of nitrogens with zero attached hydrogens (tertiary/aromatic N) is 2. The fourth-order valence-electron chi connectivity index (χ4n) is 0.928. The van der Waals surface area contributed by atoms with Crippen LogP contribution in [0.3, 0.4) is 0 Å². The number of hydrogen-bond donors (Lipinski definition) is 2. The molecule has 1 aromatic rings. The maximum absolute atomic E-state index is 5.83. The molecule has 0 saturated heterocycles. The number of nitrogens with one attached hydrogen (secondary N) is 1. The van der Waals surface area contributed by atoms with Crippen LogP contribution in [-0.4, -0.2) is 30.2 Å². The number of methoxy groups -OCH3 is 1. The zero-order valence-corrected chi connectivity index (χ0v) is 8.71. The van der Waals surface area contributed by atoms with Crippen molar-refractivity contribution in [1.82, 2.24) is 9.97 Å². The van der Waals surface area contributed by atoms with E-state index in [0.717, 1.165) is 13.0 Å². The Labute approximate surface area is 87.6 Å². The molecule has 0 aromatic carbocycles. The first-order valence-corrected chi connectivity index (χ1v) is 4.62. The highest BCUT2D eigenvalue weighted by molar-refractivity contribution is 6.32. The van der Waals surface area contributed by atoms with Gasteiger partial charge >= 0.3 is 0 Å². The van der Waals surface area contributed by atoms with Crippen LogP contribution in [-0.2, 0) is 4.74 Å². The normalized spacial score (nSPS) is 10.1. The van der Waals surface area contributed by atoms with Gasteiger partial charge in [0.25, 0.3) is 0 Å². The Morgan fingerprint density at radius 1 is 1.64 bits per heavy atom. The van der Waals surface area contributed by atoms with Crippen LogP contribution in [0.4, 0.5) is 11.8 Å². The largest absolute Gasteiger partial charge is 0.385 e. The molecule has 0 atom stereocenters. The van der Waals surface area contributed by atoms with Crippen LogP contribution >= 0.6 is 11.6 Å². The van der Waals surface area contributed by atoms with Crippen molar-refractivity contribution < 1.29 is 4.74 Å². The predicted octanol–water partition coefficient (Wildman–Crippen LogP) is 1.16. The number of anilines is 2. The zero-order valence-electron chi connectivity index (χ0n) is 7.96. The van der Waals surface area contributed by atoms with Gasteiger partial charge in [-0.15, -0.1) is 0 Å². The van der Waals surface area contributed by atoms with Crippen molar-refractivity contribution in [2.45, 2.75) is 6.42 Å². The van der Waals surface area contributed by atoms with E-state index in [0.29, 0.717) is 17.4 Å². The Balaban J connectivity index is 2.45. The Kier molecular flexibility index (Phi) is 4.42. The van der Waals surface area contributed by atoms with E-state index >= 15 is 0 Å². The second kappa shape index (κ2) is 5.62. The SMILES string of the molecule is COCCCNc1nc(N)ncc1Cl. The first-order chi connectivity index (χ1) is 6.74. The molecule has 78 valence electrons. The molecule has 0 aliphatic heterocycles. The van der Waals surface area contributed by atoms with Gasteiger partial charge in [0, 0.05) is 20.3 Å². The molecule has 0 aliphatic carbocycles. The van der Waals surface area contributed by atoms with Crippen molar-refractivity contribution in [1.29, 1.82) is 0 Å². The summed E-state index contributed by atoms with van der Waals surface area (Å²) in [5.41, 5.74) is 5.41. The Morgan fingerprint density at radius 2 is 2.43 bits per heavy atom. The van der Waals surface area contributed by atoms with E-state index < -0.39 is 0 Å². The number of rotatable bonds is 5. The zero-order chi connectivity index (χ0) is 10.4. The monoisotopic (exact) mass is 216 g/mol. The molecule has 0 fully saturated rings. The van der Waals surface area contributed by atoms with E-state index in [1.54, 1.807) is 7.11 Å². The van der Waals surface area contributed by atoms with Gasteiger partial charge < -0.3 is 15.8 Å². The molecule has 0 aliphatic rings. The third kappa shape index (κ3) is 3.35. The maximum Gasteiger partial charge on any atom is 0.222 e. The highest BCUT2D eigenvalue weighted by atomic mass is 35.5. The van der Waals surface area contributed by atoms with Crippen LogP contribution < -0.4 is 11.1 Å². The lowest BCUT2D eigenvalue weighted by molar-refractivity contribution is 0.198. The molecule has 5 nitrogen and oxygen atoms in total. The minimum Gasteiger partial charge on any atom is -0.385 e. The van der Waals surface area contributed by atoms with Crippen LogP contribution in [0, 0.1) is 0 Å². The first kappa shape index (κ1) is 11.0. The van der Waals surface area contributed by atoms with Gasteiger partial charge in [-0.25, -0.2) is 4.98 Å². The van der Waals surface area contributed by atoms with Crippen molar-refractivity contribution in [3.8, 4) is 0 Å². The highest BCUT2D eigenvalue weighted by Crippen LogP contribution is 2.17. The summed E-state index contributed by atoms with van der Waals surface area (Å²) in [5, 5.41) is 3.51. The van der Waals surface area contributed by atoms with Gasteiger partial charge in [-0.3, -0.25) is 0 Å². The van der Waals surface area contributed by atoms with Crippen molar-refractivity contribution in [2.75, 3.05) is 31.3 Å². The van der Waals surface area contributed by atoms with Crippen LogP contribution in [0.5, 0.6) is 0 Å². The molecule has 6 heteroatoms. The second-order valence-corrected chi connectivity index (χ2v) is 3.11. The molecule has 3 N–H and O–H groups in total. The molecule has 0 unspecified atom stereocenters. The highest BCUT2D eigenvalue weighted by Gasteiger charge is 2.01. The number of nitrogen functional groups attached to an aromatic ring is 1. The average molecular weight is 217 g/mol. The van der Waals surface area contributed by atoms with Gasteiger partial charge in [-0.2, -0.15) is 4.98 Å². The summed E-state index contributed by atoms with van der Waals surface area (Å²) in [7, 11) is 1.66. The predicted molar refractivity (Wildman–Crippen MR) is 56.4 cm³/mol. The molecule has 0 amide bonds. The molecule has 0 saturated carbocycles. The molecular weight excluding hydrogens is 204 g/mol. The summed E-state index contributed by atoms with van der Waals surface area (Å²) < 4.78 is 4.90. The van der Waals surface area contributed by atoms with Crippen LogP contribution in [0.1, 0.15) is 6.42 Å². The molecule has 0 bridgehead atoms. The molecule has 14 heavy (non-hydrogen) atoms. The third-order valence-electron chi connectivity index (χ3n) is 1.58. The Morgan fingerprint density at radius 3 is 3.14 bits per heavy atom. The Bertz CT molecular complexity index is 295. The smallest absolute Gasteiger partial charge is 0.222 e. The lowest BCUT2D eigenvalue weighted by atomic mass is 10.4. The lowest BCUT2D eigenvalue weighted by Crippen LogP contribution is -2.08. The minimum absolute atomic E-state index is 0.212. The first-order valence-electron chi connectivity index (χ1n) is 4.25. The fourth-order valence-corrected chi connectivity index (χ4v) is 1.09. The molecule has 1 aromatic heterocycles. The fraction of sp³-hybridized carbons (Fsp3) is 0.500. The number of nitrogens with two attached hydrogens (primary N) is 1. The van der Waals surface area contributed by atoms with Crippen molar-refractivity contribution in [2.24, 2.45) is 0 Å². The Hall–Kier alpha value is -1.07. The van der Waals surface area contributed by atoms with E-state index in [9.17, 15) is 0 Å². The van der Waals surface area contributed by atoms with Gasteiger partial charge in [0.15, 0.2) is 0 Å². The second-order valence-electron chi connectivity index (χ2n) is 2.70. The lowest BCUT2D eigenvalue weighted by Gasteiger charge is -2.06. The molecule has 0 radical (unpaired) electrons. The number of halogens is 1. The summed E-state index contributed by atoms with van der Waals surface area (Å²) in [5.74, 6) is 0.777. The van der Waals surface area contributed by atoms with Gasteiger partial charge in [-0.05, 0) is 6.42 Å². The summed E-state index contributed by atoms with van der Waals surface area (Å²) in [6, 6.07) is 0. The molecule has 1 rings (SSSR count). The number of aromatic nitrogens is 2. The van der Waals surface area contributed by atoms with E-state index in [4.69, 9.17) is 22.1 Å². The van der Waals surface area contributed by atoms with Gasteiger partial charge in [0.1, 0.15) is 10.8 Å². The van der Waals surface area contributed by atoms with Gasteiger partial charge in [0.05, 0.1) is 6.20 Å². The summed E-state index contributed by atoms with van der Waals surface area (Å²) >= 11 is 5.83.